The van der Waals surface area contributed by atoms with Crippen LogP contribution in [0.4, 0.5) is 15.0 Å². The van der Waals surface area contributed by atoms with E-state index in [1.54, 1.807) is 12.4 Å². The number of rotatable bonds is 4. The number of carbonyl (C=O) groups excluding carboxylic acids is 1. The molecule has 0 atom stereocenters. The first-order valence-electron chi connectivity index (χ1n) is 8.60. The van der Waals surface area contributed by atoms with E-state index in [0.29, 0.717) is 19.0 Å². The van der Waals surface area contributed by atoms with Gasteiger partial charge in [0, 0.05) is 37.2 Å². The third kappa shape index (κ3) is 4.69. The van der Waals surface area contributed by atoms with Crippen molar-refractivity contribution in [1.82, 2.24) is 15.3 Å². The van der Waals surface area contributed by atoms with Gasteiger partial charge in [-0.15, -0.1) is 0 Å². The van der Waals surface area contributed by atoms with Gasteiger partial charge in [-0.25, -0.2) is 14.2 Å². The van der Waals surface area contributed by atoms with E-state index in [-0.39, 0.29) is 18.0 Å². The number of pyridine rings is 2. The molecule has 0 spiro atoms. The zero-order valence-electron chi connectivity index (χ0n) is 14.7. The third-order valence-electron chi connectivity index (χ3n) is 4.52. The van der Waals surface area contributed by atoms with E-state index in [4.69, 9.17) is 15.9 Å². The molecule has 0 aromatic carbocycles. The number of aromatic nitrogens is 2. The summed E-state index contributed by atoms with van der Waals surface area (Å²) in [6, 6.07) is 5.50. The topological polar surface area (TPSA) is 117 Å². The molecule has 0 radical (unpaired) electrons. The summed E-state index contributed by atoms with van der Waals surface area (Å²) >= 11 is 0. The number of carbonyl (C=O) groups is 1. The molecule has 4 N–H and O–H groups in total. The minimum absolute atomic E-state index is 0.218. The molecule has 2 aromatic rings. The van der Waals surface area contributed by atoms with Crippen LogP contribution in [0.25, 0.3) is 0 Å². The van der Waals surface area contributed by atoms with Gasteiger partial charge in [-0.3, -0.25) is 15.7 Å². The SMILES string of the molecule is N=C(N)NC(=O)OCc1ccnc(N2CCC(c3ccncc3)CC2)c1F. The highest BCUT2D eigenvalue weighted by Crippen LogP contribution is 2.31. The van der Waals surface area contributed by atoms with Crippen molar-refractivity contribution in [3.63, 3.8) is 0 Å². The Balaban J connectivity index is 1.62. The first-order valence-corrected chi connectivity index (χ1v) is 8.60. The summed E-state index contributed by atoms with van der Waals surface area (Å²) in [6.07, 6.45) is 5.95. The van der Waals surface area contributed by atoms with Gasteiger partial charge >= 0.3 is 6.09 Å². The van der Waals surface area contributed by atoms with Crippen molar-refractivity contribution in [2.45, 2.75) is 25.4 Å². The van der Waals surface area contributed by atoms with E-state index in [1.807, 2.05) is 22.3 Å². The molecule has 9 heteroatoms. The summed E-state index contributed by atoms with van der Waals surface area (Å²) in [6.45, 7) is 1.10. The van der Waals surface area contributed by atoms with E-state index in [1.165, 1.54) is 17.8 Å². The van der Waals surface area contributed by atoms with Gasteiger partial charge < -0.3 is 15.4 Å². The summed E-state index contributed by atoms with van der Waals surface area (Å²) in [5.74, 6) is -0.353. The van der Waals surface area contributed by atoms with Crippen molar-refractivity contribution < 1.29 is 13.9 Å². The molecule has 2 aromatic heterocycles. The third-order valence-corrected chi connectivity index (χ3v) is 4.52. The van der Waals surface area contributed by atoms with Crippen LogP contribution in [-0.2, 0) is 11.3 Å². The molecular weight excluding hydrogens is 351 g/mol. The average Bonchev–Trinajstić information content (AvgIpc) is 2.67. The quantitative estimate of drug-likeness (QED) is 0.559. The number of nitrogens with zero attached hydrogens (tertiary/aromatic N) is 3. The summed E-state index contributed by atoms with van der Waals surface area (Å²) in [4.78, 5) is 21.5. The maximum atomic E-state index is 14.8. The van der Waals surface area contributed by atoms with Crippen LogP contribution >= 0.6 is 0 Å². The van der Waals surface area contributed by atoms with Crippen molar-refractivity contribution in [3.8, 4) is 0 Å². The zero-order valence-corrected chi connectivity index (χ0v) is 14.7. The van der Waals surface area contributed by atoms with Gasteiger partial charge in [0.1, 0.15) is 6.61 Å². The van der Waals surface area contributed by atoms with Crippen molar-refractivity contribution in [3.05, 3.63) is 53.7 Å². The van der Waals surface area contributed by atoms with E-state index >= 15 is 0 Å². The monoisotopic (exact) mass is 372 g/mol. The number of alkyl carbamates (subject to hydrolysis) is 1. The lowest BCUT2D eigenvalue weighted by Gasteiger charge is -2.33. The Bertz CT molecular complexity index is 809. The molecule has 27 heavy (non-hydrogen) atoms. The largest absolute Gasteiger partial charge is 0.444 e. The van der Waals surface area contributed by atoms with E-state index in [2.05, 4.69) is 9.97 Å². The number of amides is 1. The second kappa shape index (κ2) is 8.43. The highest BCUT2D eigenvalue weighted by Gasteiger charge is 2.24. The van der Waals surface area contributed by atoms with Crippen LogP contribution < -0.4 is 16.0 Å². The number of nitrogens with two attached hydrogens (primary N) is 1. The Hall–Kier alpha value is -3.23. The number of ether oxygens (including phenoxy) is 1. The van der Waals surface area contributed by atoms with Crippen molar-refractivity contribution in [2.24, 2.45) is 5.73 Å². The van der Waals surface area contributed by atoms with Crippen LogP contribution in [0.5, 0.6) is 0 Å². The molecule has 0 aliphatic carbocycles. The molecule has 3 heterocycles. The minimum Gasteiger partial charge on any atom is -0.444 e. The molecule has 0 saturated carbocycles. The van der Waals surface area contributed by atoms with Gasteiger partial charge in [0.15, 0.2) is 17.6 Å². The molecule has 0 unspecified atom stereocenters. The zero-order chi connectivity index (χ0) is 19.2. The second-order valence-electron chi connectivity index (χ2n) is 6.26. The minimum atomic E-state index is -0.904. The van der Waals surface area contributed by atoms with Gasteiger partial charge in [-0.2, -0.15) is 0 Å². The first kappa shape index (κ1) is 18.6. The molecular formula is C18H21FN6O2. The van der Waals surface area contributed by atoms with Crippen LogP contribution in [0.15, 0.2) is 36.8 Å². The Morgan fingerprint density at radius 1 is 1.30 bits per heavy atom. The van der Waals surface area contributed by atoms with E-state index in [0.717, 1.165) is 12.8 Å². The van der Waals surface area contributed by atoms with E-state index in [9.17, 15) is 9.18 Å². The number of halogens is 1. The Morgan fingerprint density at radius 2 is 2.00 bits per heavy atom. The average molecular weight is 372 g/mol. The standard InChI is InChI=1S/C18H21FN6O2/c19-15-14(11-27-18(26)24-17(20)21)3-8-23-16(15)25-9-4-13(5-10-25)12-1-6-22-7-2-12/h1-3,6-8,13H,4-5,9-11H2,(H4,20,21,24,26). The van der Waals surface area contributed by atoms with Gasteiger partial charge in [-0.1, -0.05) is 0 Å². The predicted octanol–water partition coefficient (Wildman–Crippen LogP) is 2.12. The van der Waals surface area contributed by atoms with Gasteiger partial charge in [0.05, 0.1) is 0 Å². The molecule has 1 saturated heterocycles. The number of guanidine groups is 1. The number of hydrogen-bond donors (Lipinski definition) is 3. The fourth-order valence-electron chi connectivity index (χ4n) is 3.15. The van der Waals surface area contributed by atoms with Crippen molar-refractivity contribution in [1.29, 1.82) is 5.41 Å². The van der Waals surface area contributed by atoms with Crippen LogP contribution in [0.1, 0.15) is 29.9 Å². The van der Waals surface area contributed by atoms with Gasteiger partial charge in [0.2, 0.25) is 0 Å². The lowest BCUT2D eigenvalue weighted by Crippen LogP contribution is -2.36. The highest BCUT2D eigenvalue weighted by atomic mass is 19.1. The van der Waals surface area contributed by atoms with Crippen LogP contribution in [0, 0.1) is 11.2 Å². The smallest absolute Gasteiger partial charge is 0.414 e. The summed E-state index contributed by atoms with van der Waals surface area (Å²) in [5.41, 5.74) is 6.51. The number of nitrogens with one attached hydrogen (secondary N) is 2. The fraction of sp³-hybridized carbons (Fsp3) is 0.333. The maximum absolute atomic E-state index is 14.8. The number of piperidine rings is 1. The van der Waals surface area contributed by atoms with Crippen molar-refractivity contribution in [2.75, 3.05) is 18.0 Å². The molecule has 1 aliphatic heterocycles. The Morgan fingerprint density at radius 3 is 2.67 bits per heavy atom. The van der Waals surface area contributed by atoms with E-state index < -0.39 is 17.9 Å². The van der Waals surface area contributed by atoms with Crippen LogP contribution in [-0.4, -0.2) is 35.1 Å². The summed E-state index contributed by atoms with van der Waals surface area (Å²) in [7, 11) is 0. The fourth-order valence-corrected chi connectivity index (χ4v) is 3.15. The Labute approximate surface area is 156 Å². The Kier molecular flexibility index (Phi) is 5.80. The normalized spacial score (nSPS) is 14.6. The number of anilines is 1. The molecule has 1 fully saturated rings. The summed E-state index contributed by atoms with van der Waals surface area (Å²) < 4.78 is 19.7. The molecule has 8 nitrogen and oxygen atoms in total. The highest BCUT2D eigenvalue weighted by molar-refractivity contribution is 5.90. The lowest BCUT2D eigenvalue weighted by atomic mass is 9.90. The predicted molar refractivity (Wildman–Crippen MR) is 97.9 cm³/mol. The second-order valence-corrected chi connectivity index (χ2v) is 6.26. The molecule has 142 valence electrons. The summed E-state index contributed by atoms with van der Waals surface area (Å²) in [5, 5.41) is 8.95. The molecule has 1 amide bonds. The van der Waals surface area contributed by atoms with Gasteiger partial charge in [0.25, 0.3) is 0 Å². The lowest BCUT2D eigenvalue weighted by molar-refractivity contribution is 0.143. The van der Waals surface area contributed by atoms with Crippen LogP contribution in [0.2, 0.25) is 0 Å². The molecule has 0 bridgehead atoms. The number of hydrogen-bond acceptors (Lipinski definition) is 6. The van der Waals surface area contributed by atoms with Crippen molar-refractivity contribution >= 4 is 17.9 Å². The van der Waals surface area contributed by atoms with Gasteiger partial charge in [-0.05, 0) is 42.5 Å². The molecule has 1 aliphatic rings. The first-order chi connectivity index (χ1) is 13.0. The maximum Gasteiger partial charge on any atom is 0.414 e. The molecule has 3 rings (SSSR count). The van der Waals surface area contributed by atoms with Crippen LogP contribution in [0.3, 0.4) is 0 Å².